The number of aromatic nitrogens is 2. The Morgan fingerprint density at radius 1 is 1.19 bits per heavy atom. The Kier molecular flexibility index (Phi) is 3.26. The quantitative estimate of drug-likeness (QED) is 0.668. The number of hydrogen-bond donors (Lipinski definition) is 0. The van der Waals surface area contributed by atoms with Gasteiger partial charge in [-0.05, 0) is 57.1 Å². The van der Waals surface area contributed by atoms with E-state index in [-0.39, 0.29) is 0 Å². The molecule has 1 atom stereocenters. The molecule has 2 aliphatic rings. The first-order chi connectivity index (χ1) is 12.4. The third kappa shape index (κ3) is 2.21. The Balaban J connectivity index is 1.73. The molecule has 0 radical (unpaired) electrons. The van der Waals surface area contributed by atoms with Crippen LogP contribution in [0, 0.1) is 13.8 Å². The standard InChI is InChI=1S/C22H25N3O/c1-14-9-17-18-12-24(4)8-7-19(18)25-13-22(3,26-20(10-14)21(17)25)16-6-5-15(2)23-11-16/h5-6,9-11H,7-8,12-13H2,1-4H3. The van der Waals surface area contributed by atoms with Gasteiger partial charge in [0.15, 0.2) is 5.60 Å². The van der Waals surface area contributed by atoms with Gasteiger partial charge in [-0.3, -0.25) is 4.98 Å². The second kappa shape index (κ2) is 5.34. The molecule has 5 rings (SSSR count). The number of hydrogen-bond acceptors (Lipinski definition) is 3. The first-order valence-electron chi connectivity index (χ1n) is 9.40. The molecule has 1 unspecified atom stereocenters. The minimum absolute atomic E-state index is 0.398. The predicted molar refractivity (Wildman–Crippen MR) is 104 cm³/mol. The van der Waals surface area contributed by atoms with Crippen molar-refractivity contribution in [3.8, 4) is 5.75 Å². The molecule has 2 aliphatic heterocycles. The lowest BCUT2D eigenvalue weighted by atomic mass is 9.95. The molecule has 0 N–H and O–H groups in total. The Bertz CT molecular complexity index is 1020. The average Bonchev–Trinajstić information content (AvgIpc) is 2.89. The van der Waals surface area contributed by atoms with Crippen molar-refractivity contribution >= 4 is 10.9 Å². The van der Waals surface area contributed by atoms with Gasteiger partial charge < -0.3 is 14.2 Å². The van der Waals surface area contributed by atoms with Gasteiger partial charge in [-0.1, -0.05) is 6.07 Å². The zero-order valence-electron chi connectivity index (χ0n) is 16.0. The second-order valence-corrected chi connectivity index (χ2v) is 8.18. The van der Waals surface area contributed by atoms with E-state index in [1.807, 2.05) is 13.1 Å². The van der Waals surface area contributed by atoms with Crippen LogP contribution in [-0.4, -0.2) is 28.0 Å². The van der Waals surface area contributed by atoms with Crippen LogP contribution in [0.15, 0.2) is 30.5 Å². The summed E-state index contributed by atoms with van der Waals surface area (Å²) in [6, 6.07) is 8.75. The lowest BCUT2D eigenvalue weighted by Crippen LogP contribution is -2.38. The van der Waals surface area contributed by atoms with Crippen LogP contribution in [-0.2, 0) is 25.1 Å². The maximum atomic E-state index is 6.63. The van der Waals surface area contributed by atoms with Gasteiger partial charge in [0.2, 0.25) is 0 Å². The molecule has 0 fully saturated rings. The van der Waals surface area contributed by atoms with E-state index in [9.17, 15) is 0 Å². The summed E-state index contributed by atoms with van der Waals surface area (Å²) >= 11 is 0. The first kappa shape index (κ1) is 15.9. The van der Waals surface area contributed by atoms with Crippen molar-refractivity contribution in [1.82, 2.24) is 14.5 Å². The third-order valence-corrected chi connectivity index (χ3v) is 5.96. The van der Waals surface area contributed by atoms with Crippen molar-refractivity contribution in [2.45, 2.75) is 45.9 Å². The van der Waals surface area contributed by atoms with Crippen LogP contribution in [0.4, 0.5) is 0 Å². The normalized spacial score (nSPS) is 22.3. The smallest absolute Gasteiger partial charge is 0.150 e. The minimum atomic E-state index is -0.398. The highest BCUT2D eigenvalue weighted by Crippen LogP contribution is 2.44. The van der Waals surface area contributed by atoms with E-state index >= 15 is 0 Å². The van der Waals surface area contributed by atoms with Crippen LogP contribution in [0.25, 0.3) is 10.9 Å². The van der Waals surface area contributed by atoms with Gasteiger partial charge in [0.25, 0.3) is 0 Å². The maximum absolute atomic E-state index is 6.63. The fraction of sp³-hybridized carbons (Fsp3) is 0.409. The fourth-order valence-electron chi connectivity index (χ4n) is 4.58. The molecule has 0 bridgehead atoms. The van der Waals surface area contributed by atoms with Gasteiger partial charge in [0, 0.05) is 48.0 Å². The van der Waals surface area contributed by atoms with Crippen molar-refractivity contribution in [3.05, 3.63) is 58.5 Å². The third-order valence-electron chi connectivity index (χ3n) is 5.96. The van der Waals surface area contributed by atoms with Gasteiger partial charge in [0.1, 0.15) is 5.75 Å². The van der Waals surface area contributed by atoms with E-state index in [1.54, 1.807) is 0 Å². The molecule has 0 saturated heterocycles. The van der Waals surface area contributed by atoms with Crippen molar-refractivity contribution in [3.63, 3.8) is 0 Å². The number of aryl methyl sites for hydroxylation is 2. The Labute approximate surface area is 154 Å². The van der Waals surface area contributed by atoms with E-state index in [0.29, 0.717) is 0 Å². The number of nitrogens with zero attached hydrogens (tertiary/aromatic N) is 3. The molecule has 0 spiro atoms. The zero-order chi connectivity index (χ0) is 18.1. The number of likely N-dealkylation sites (N-methyl/N-ethyl adjacent to an activating group) is 1. The van der Waals surface area contributed by atoms with E-state index < -0.39 is 5.60 Å². The van der Waals surface area contributed by atoms with Crippen LogP contribution < -0.4 is 4.74 Å². The lowest BCUT2D eigenvalue weighted by molar-refractivity contribution is 0.0576. The molecular weight excluding hydrogens is 322 g/mol. The Morgan fingerprint density at radius 2 is 2.04 bits per heavy atom. The maximum Gasteiger partial charge on any atom is 0.150 e. The van der Waals surface area contributed by atoms with Crippen LogP contribution >= 0.6 is 0 Å². The van der Waals surface area contributed by atoms with Crippen LogP contribution in [0.5, 0.6) is 5.75 Å². The molecule has 4 nitrogen and oxygen atoms in total. The van der Waals surface area contributed by atoms with Crippen LogP contribution in [0.3, 0.4) is 0 Å². The molecule has 4 heteroatoms. The lowest BCUT2D eigenvalue weighted by Gasteiger charge is -2.37. The van der Waals surface area contributed by atoms with Gasteiger partial charge in [-0.2, -0.15) is 0 Å². The second-order valence-electron chi connectivity index (χ2n) is 8.18. The Hall–Kier alpha value is -2.33. The molecule has 0 saturated carbocycles. The van der Waals surface area contributed by atoms with Crippen molar-refractivity contribution in [2.24, 2.45) is 0 Å². The highest BCUT2D eigenvalue weighted by atomic mass is 16.5. The number of fused-ring (bicyclic) bond motifs is 3. The fourth-order valence-corrected chi connectivity index (χ4v) is 4.58. The molecule has 2 aromatic heterocycles. The molecule has 0 aliphatic carbocycles. The van der Waals surface area contributed by atoms with E-state index in [4.69, 9.17) is 4.74 Å². The van der Waals surface area contributed by atoms with Gasteiger partial charge >= 0.3 is 0 Å². The van der Waals surface area contributed by atoms with Gasteiger partial charge in [0.05, 0.1) is 12.1 Å². The molecule has 26 heavy (non-hydrogen) atoms. The Morgan fingerprint density at radius 3 is 2.81 bits per heavy atom. The summed E-state index contributed by atoms with van der Waals surface area (Å²) in [4.78, 5) is 6.92. The number of pyridine rings is 1. The van der Waals surface area contributed by atoms with Crippen LogP contribution in [0.1, 0.15) is 35.0 Å². The van der Waals surface area contributed by atoms with Gasteiger partial charge in [-0.25, -0.2) is 0 Å². The molecular formula is C22H25N3O. The number of benzene rings is 1. The van der Waals surface area contributed by atoms with Gasteiger partial charge in [-0.15, -0.1) is 0 Å². The van der Waals surface area contributed by atoms with E-state index in [1.165, 1.54) is 27.7 Å². The summed E-state index contributed by atoms with van der Waals surface area (Å²) in [5.41, 5.74) is 7.27. The first-order valence-corrected chi connectivity index (χ1v) is 9.40. The highest BCUT2D eigenvalue weighted by molar-refractivity contribution is 5.92. The van der Waals surface area contributed by atoms with Crippen molar-refractivity contribution in [2.75, 3.05) is 13.6 Å². The zero-order valence-corrected chi connectivity index (χ0v) is 16.0. The topological polar surface area (TPSA) is 30.3 Å². The van der Waals surface area contributed by atoms with Crippen molar-refractivity contribution < 1.29 is 4.74 Å². The molecule has 4 heterocycles. The summed E-state index contributed by atoms with van der Waals surface area (Å²) in [5.74, 6) is 1.01. The van der Waals surface area contributed by atoms with E-state index in [2.05, 4.69) is 59.6 Å². The summed E-state index contributed by atoms with van der Waals surface area (Å²) in [5, 5.41) is 1.37. The highest BCUT2D eigenvalue weighted by Gasteiger charge is 2.38. The number of ether oxygens (including phenoxy) is 1. The predicted octanol–water partition coefficient (Wildman–Crippen LogP) is 3.95. The summed E-state index contributed by atoms with van der Waals surface area (Å²) in [6.45, 7) is 9.34. The average molecular weight is 347 g/mol. The molecule has 1 aromatic carbocycles. The summed E-state index contributed by atoms with van der Waals surface area (Å²) in [6.07, 6.45) is 3.07. The molecule has 0 amide bonds. The minimum Gasteiger partial charge on any atom is -0.479 e. The summed E-state index contributed by atoms with van der Waals surface area (Å²) < 4.78 is 9.15. The number of rotatable bonds is 1. The van der Waals surface area contributed by atoms with E-state index in [0.717, 1.165) is 43.1 Å². The molecule has 134 valence electrons. The van der Waals surface area contributed by atoms with Crippen LogP contribution in [0.2, 0.25) is 0 Å². The monoisotopic (exact) mass is 347 g/mol. The van der Waals surface area contributed by atoms with Crippen molar-refractivity contribution in [1.29, 1.82) is 0 Å². The molecule has 3 aromatic rings. The SMILES string of the molecule is Cc1cc2c3c(c1)c1c(n3CC(C)(c3ccc(C)nc3)O2)CCN(C)C1. The summed E-state index contributed by atoms with van der Waals surface area (Å²) in [7, 11) is 2.21. The largest absolute Gasteiger partial charge is 0.479 e.